The molecule has 0 saturated carbocycles. The van der Waals surface area contributed by atoms with Gasteiger partial charge in [-0.3, -0.25) is 0 Å². The van der Waals surface area contributed by atoms with Gasteiger partial charge in [0.05, 0.1) is 0 Å². The van der Waals surface area contributed by atoms with Crippen molar-refractivity contribution in [2.45, 2.75) is 121 Å². The molecule has 2 aliphatic rings. The number of ether oxygens (including phenoxy) is 1. The third-order valence-corrected chi connectivity index (χ3v) is 11.3. The van der Waals surface area contributed by atoms with Gasteiger partial charge in [0.15, 0.2) is 0 Å². The molecule has 2 aliphatic heterocycles. The van der Waals surface area contributed by atoms with Gasteiger partial charge >= 0.3 is 209 Å². The predicted octanol–water partition coefficient (Wildman–Crippen LogP) is 9.72. The van der Waals surface area contributed by atoms with E-state index in [0.717, 1.165) is 18.5 Å². The van der Waals surface area contributed by atoms with Crippen molar-refractivity contribution >= 4 is 42.9 Å². The number of anilines is 1. The van der Waals surface area contributed by atoms with E-state index in [2.05, 4.69) is 49.6 Å². The van der Waals surface area contributed by atoms with E-state index >= 15 is 0 Å². The van der Waals surface area contributed by atoms with Crippen molar-refractivity contribution in [1.82, 2.24) is 0 Å². The Labute approximate surface area is 260 Å². The second-order valence-corrected chi connectivity index (χ2v) is 14.6. The van der Waals surface area contributed by atoms with Gasteiger partial charge in [-0.25, -0.2) is 0 Å². The van der Waals surface area contributed by atoms with Crippen LogP contribution in [0.2, 0.25) is 0 Å². The van der Waals surface area contributed by atoms with Crippen molar-refractivity contribution in [1.29, 1.82) is 0 Å². The molecule has 0 bridgehead atoms. The van der Waals surface area contributed by atoms with Gasteiger partial charge < -0.3 is 0 Å². The number of rotatable bonds is 19. The Morgan fingerprint density at radius 3 is 2.07 bits per heavy atom. The number of nitro groups is 1. The van der Waals surface area contributed by atoms with Crippen LogP contribution in [0.3, 0.4) is 0 Å². The van der Waals surface area contributed by atoms with Gasteiger partial charge in [-0.2, -0.15) is 0 Å². The summed E-state index contributed by atoms with van der Waals surface area (Å²) < 4.78 is 7.62. The first-order valence-corrected chi connectivity index (χ1v) is 18.1. The summed E-state index contributed by atoms with van der Waals surface area (Å²) in [5, 5.41) is 11.5. The van der Waals surface area contributed by atoms with Crippen molar-refractivity contribution in [3.05, 3.63) is 69.8 Å². The first-order valence-electron chi connectivity index (χ1n) is 16.4. The van der Waals surface area contributed by atoms with Crippen molar-refractivity contribution in [2.75, 3.05) is 11.4 Å². The molecule has 0 saturated heterocycles. The molecule has 0 N–H and O–H groups in total. The Balaban J connectivity index is 1.24. The fourth-order valence-electron chi connectivity index (χ4n) is 6.13. The monoisotopic (exact) mass is 638 g/mol. The first-order chi connectivity index (χ1) is 20.5. The van der Waals surface area contributed by atoms with Gasteiger partial charge in [-0.05, 0) is 0 Å². The van der Waals surface area contributed by atoms with Crippen LogP contribution in [0.15, 0.2) is 43.0 Å². The number of benzene rings is 2. The Bertz CT molecular complexity index is 1230. The van der Waals surface area contributed by atoms with Crippen LogP contribution in [0.25, 0.3) is 12.2 Å². The Morgan fingerprint density at radius 2 is 1.50 bits per heavy atom. The molecule has 42 heavy (non-hydrogen) atoms. The summed E-state index contributed by atoms with van der Waals surface area (Å²) in [4.78, 5) is 13.6. The van der Waals surface area contributed by atoms with Crippen LogP contribution in [0, 0.1) is 17.0 Å². The molecule has 0 aliphatic carbocycles. The molecular weight excluding hydrogens is 587 g/mol. The summed E-state index contributed by atoms with van der Waals surface area (Å²) >= 11 is 0.0412. The number of aryl methyl sites for hydroxylation is 1. The molecule has 1 atom stereocenters. The standard InChI is InChI=1S/C36H50N2O3Se/c1-4-6-7-8-9-10-11-12-13-14-15-16-17-18-19-20-25-37-33-26-29(3)21-22-34(33)42-36(37)24-23-31-28-32(38(39)40)27-30(5-2)35(31)41-36/h5,21-24,26-28H,2,4,6-20,25H2,1,3H3. The van der Waals surface area contributed by atoms with Crippen LogP contribution in [0.5, 0.6) is 5.75 Å². The number of unbranched alkanes of at least 4 members (excludes halogenated alkanes) is 15. The van der Waals surface area contributed by atoms with Gasteiger partial charge in [0.2, 0.25) is 0 Å². The molecule has 0 aromatic heterocycles. The third-order valence-electron chi connectivity index (χ3n) is 8.56. The van der Waals surface area contributed by atoms with E-state index in [-0.39, 0.29) is 25.6 Å². The smallest absolute Gasteiger partial charge is 0.0654 e. The molecule has 5 nitrogen and oxygen atoms in total. The molecule has 1 unspecified atom stereocenters. The fraction of sp³-hybridized carbons (Fsp3) is 0.556. The molecule has 1 spiro atoms. The van der Waals surface area contributed by atoms with Crippen LogP contribution >= 0.6 is 0 Å². The van der Waals surface area contributed by atoms with E-state index in [9.17, 15) is 10.1 Å². The SMILES string of the molecule is C=Cc1cc([N+](=O)[O-])cc2c1OC1(C=C2)[Se]c2ccc(C)cc2N1CCCCCCCCCCCCCCCCCC. The van der Waals surface area contributed by atoms with E-state index in [0.29, 0.717) is 11.3 Å². The number of hydrogen-bond donors (Lipinski definition) is 0. The minimum atomic E-state index is -0.556. The average molecular weight is 638 g/mol. The van der Waals surface area contributed by atoms with E-state index in [1.54, 1.807) is 18.2 Å². The van der Waals surface area contributed by atoms with Crippen molar-refractivity contribution in [3.63, 3.8) is 0 Å². The van der Waals surface area contributed by atoms with E-state index in [4.69, 9.17) is 4.74 Å². The Kier molecular flexibility index (Phi) is 12.6. The number of non-ortho nitro benzene ring substituents is 1. The zero-order valence-electron chi connectivity index (χ0n) is 25.9. The Morgan fingerprint density at radius 1 is 0.905 bits per heavy atom. The van der Waals surface area contributed by atoms with Crippen LogP contribution in [-0.4, -0.2) is 31.0 Å². The molecule has 6 heteroatoms. The van der Waals surface area contributed by atoms with Crippen LogP contribution in [0.4, 0.5) is 11.4 Å². The maximum absolute atomic E-state index is 11.5. The third kappa shape index (κ3) is 8.51. The van der Waals surface area contributed by atoms with Crippen LogP contribution in [-0.2, 0) is 0 Å². The van der Waals surface area contributed by atoms with Crippen molar-refractivity contribution in [2.24, 2.45) is 0 Å². The minimum absolute atomic E-state index is 0.0412. The average Bonchev–Trinajstić information content (AvgIpc) is 3.27. The van der Waals surface area contributed by atoms with Crippen LogP contribution < -0.4 is 14.1 Å². The molecule has 0 fully saturated rings. The number of nitrogens with zero attached hydrogens (tertiary/aromatic N) is 2. The molecular formula is C36H50N2O3Se. The van der Waals surface area contributed by atoms with E-state index < -0.39 is 4.62 Å². The zero-order valence-corrected chi connectivity index (χ0v) is 27.6. The number of fused-ring (bicyclic) bond motifs is 2. The summed E-state index contributed by atoms with van der Waals surface area (Å²) in [5.74, 6) is 0.696. The second kappa shape index (κ2) is 16.3. The molecule has 228 valence electrons. The Hall–Kier alpha value is -2.56. The summed E-state index contributed by atoms with van der Waals surface area (Å²) in [7, 11) is 0. The molecule has 2 aromatic rings. The molecule has 0 radical (unpaired) electrons. The quantitative estimate of drug-likeness (QED) is 0.0666. The predicted molar refractivity (Wildman–Crippen MR) is 179 cm³/mol. The normalized spacial score (nSPS) is 16.9. The summed E-state index contributed by atoms with van der Waals surface area (Å²) in [6.45, 7) is 9.28. The second-order valence-electron chi connectivity index (χ2n) is 12.0. The molecule has 0 amide bonds. The fourth-order valence-corrected chi connectivity index (χ4v) is 8.83. The minimum Gasteiger partial charge on any atom is -0.0654 e. The van der Waals surface area contributed by atoms with Gasteiger partial charge in [0.25, 0.3) is 0 Å². The first kappa shape index (κ1) is 32.4. The number of nitro benzene ring substituents is 1. The van der Waals surface area contributed by atoms with E-state index in [1.807, 2.05) is 6.08 Å². The van der Waals surface area contributed by atoms with Gasteiger partial charge in [0.1, 0.15) is 0 Å². The van der Waals surface area contributed by atoms with Gasteiger partial charge in [-0.1, -0.05) is 51.9 Å². The van der Waals surface area contributed by atoms with Gasteiger partial charge in [-0.15, -0.1) is 0 Å². The topological polar surface area (TPSA) is 55.6 Å². The molecule has 2 aromatic carbocycles. The van der Waals surface area contributed by atoms with E-state index in [1.165, 1.54) is 112 Å². The van der Waals surface area contributed by atoms with Crippen molar-refractivity contribution < 1.29 is 9.66 Å². The number of hydrogen-bond acceptors (Lipinski definition) is 4. The zero-order chi connectivity index (χ0) is 29.8. The van der Waals surface area contributed by atoms with Crippen molar-refractivity contribution in [3.8, 4) is 5.75 Å². The molecule has 2 heterocycles. The summed E-state index contributed by atoms with van der Waals surface area (Å²) in [6.07, 6.45) is 27.6. The summed E-state index contributed by atoms with van der Waals surface area (Å²) in [6, 6.07) is 9.89. The maximum atomic E-state index is 11.5. The molecule has 4 rings (SSSR count). The van der Waals surface area contributed by atoms with Crippen LogP contribution in [0.1, 0.15) is 126 Å². The summed E-state index contributed by atoms with van der Waals surface area (Å²) in [5.41, 5.74) is 4.00. The van der Waals surface area contributed by atoms with Gasteiger partial charge in [0, 0.05) is 0 Å².